The van der Waals surface area contributed by atoms with Crippen LogP contribution in [0.3, 0.4) is 0 Å². The van der Waals surface area contributed by atoms with Crippen molar-refractivity contribution in [1.82, 2.24) is 9.55 Å². The summed E-state index contributed by atoms with van der Waals surface area (Å²) in [6.45, 7) is 12.6. The van der Waals surface area contributed by atoms with Crippen molar-refractivity contribution in [2.24, 2.45) is 0 Å². The third-order valence-corrected chi connectivity index (χ3v) is 8.06. The van der Waals surface area contributed by atoms with Crippen LogP contribution in [0.15, 0.2) is 72.9 Å². The summed E-state index contributed by atoms with van der Waals surface area (Å²) in [4.78, 5) is 36.1. The minimum absolute atomic E-state index is 0.451. The molecule has 1 aliphatic heterocycles. The Kier molecular flexibility index (Phi) is 8.53. The van der Waals surface area contributed by atoms with E-state index in [0.29, 0.717) is 17.9 Å². The standard InChI is InChI=1S/C34H39N5O2/c1-5-6-18-39-25(3)23-30(27-10-8-7-9-11-27)31(39)32(40)34(41)36-28-12-14-29(15-13-28)37-19-21-38(22-20-37)33-26(4)24(2)16-17-35-33/h7-17,23H,5-6,18-22H2,1-4H3,(H,36,41). The SMILES string of the molecule is CCCCn1c(C)cc(-c2ccccc2)c1C(=O)C(=O)Nc1ccc(N2CCN(c3nccc(C)c3C)CC2)cc1. The number of aromatic nitrogens is 2. The fourth-order valence-electron chi connectivity index (χ4n) is 5.53. The highest BCUT2D eigenvalue weighted by atomic mass is 16.2. The van der Waals surface area contributed by atoms with Crippen LogP contribution < -0.4 is 15.1 Å². The number of Topliss-reactive ketones (excluding diaryl/α,β-unsaturated/α-hetero) is 1. The Bertz CT molecular complexity index is 1520. The first kappa shape index (κ1) is 28.1. The molecule has 2 aromatic heterocycles. The summed E-state index contributed by atoms with van der Waals surface area (Å²) in [5.74, 6) is -0.0763. The second-order valence-electron chi connectivity index (χ2n) is 10.8. The number of carbonyl (C=O) groups is 2. The van der Waals surface area contributed by atoms with Gasteiger partial charge in [-0.3, -0.25) is 9.59 Å². The van der Waals surface area contributed by atoms with E-state index in [1.807, 2.05) is 78.4 Å². The molecule has 0 saturated carbocycles. The molecule has 1 aliphatic rings. The number of carbonyl (C=O) groups excluding carboxylic acids is 2. The van der Waals surface area contributed by atoms with E-state index in [2.05, 4.69) is 46.9 Å². The van der Waals surface area contributed by atoms with Crippen molar-refractivity contribution in [1.29, 1.82) is 0 Å². The van der Waals surface area contributed by atoms with E-state index in [9.17, 15) is 9.59 Å². The number of nitrogens with one attached hydrogen (secondary N) is 1. The third-order valence-electron chi connectivity index (χ3n) is 8.06. The predicted octanol–water partition coefficient (Wildman–Crippen LogP) is 6.42. The topological polar surface area (TPSA) is 70.5 Å². The molecule has 5 rings (SSSR count). The summed E-state index contributed by atoms with van der Waals surface area (Å²) in [6, 6.07) is 21.6. The second-order valence-corrected chi connectivity index (χ2v) is 10.8. The largest absolute Gasteiger partial charge is 0.368 e. The molecule has 0 spiro atoms. The summed E-state index contributed by atoms with van der Waals surface area (Å²) < 4.78 is 1.99. The zero-order valence-electron chi connectivity index (χ0n) is 24.5. The molecule has 0 radical (unpaired) electrons. The molecule has 7 nitrogen and oxygen atoms in total. The van der Waals surface area contributed by atoms with Crippen LogP contribution in [0, 0.1) is 20.8 Å². The van der Waals surface area contributed by atoms with Crippen molar-refractivity contribution in [2.75, 3.05) is 41.3 Å². The van der Waals surface area contributed by atoms with Gasteiger partial charge in [0, 0.05) is 61.6 Å². The zero-order chi connectivity index (χ0) is 28.9. The summed E-state index contributed by atoms with van der Waals surface area (Å²) >= 11 is 0. The summed E-state index contributed by atoms with van der Waals surface area (Å²) in [5, 5.41) is 2.84. The van der Waals surface area contributed by atoms with Crippen molar-refractivity contribution in [2.45, 2.75) is 47.1 Å². The number of anilines is 3. The Morgan fingerprint density at radius 3 is 2.24 bits per heavy atom. The van der Waals surface area contributed by atoms with Gasteiger partial charge in [-0.2, -0.15) is 0 Å². The highest BCUT2D eigenvalue weighted by Crippen LogP contribution is 2.29. The molecule has 0 atom stereocenters. The molecule has 3 heterocycles. The lowest BCUT2D eigenvalue weighted by atomic mass is 10.0. The van der Waals surface area contributed by atoms with Crippen LogP contribution in [-0.4, -0.2) is 47.4 Å². The number of aryl methyl sites for hydroxylation is 2. The fourth-order valence-corrected chi connectivity index (χ4v) is 5.53. The van der Waals surface area contributed by atoms with Crippen LogP contribution in [0.1, 0.15) is 47.1 Å². The van der Waals surface area contributed by atoms with Gasteiger partial charge in [0.15, 0.2) is 0 Å². The second kappa shape index (κ2) is 12.4. The van der Waals surface area contributed by atoms with E-state index in [1.165, 1.54) is 11.1 Å². The molecular formula is C34H39N5O2. The number of benzene rings is 2. The molecule has 2 aromatic carbocycles. The van der Waals surface area contributed by atoms with Gasteiger partial charge in [0.1, 0.15) is 11.5 Å². The van der Waals surface area contributed by atoms with E-state index < -0.39 is 11.7 Å². The Morgan fingerprint density at radius 1 is 0.878 bits per heavy atom. The van der Waals surface area contributed by atoms with Crippen molar-refractivity contribution in [3.8, 4) is 11.1 Å². The number of hydrogen-bond acceptors (Lipinski definition) is 5. The first-order valence-electron chi connectivity index (χ1n) is 14.5. The minimum Gasteiger partial charge on any atom is -0.368 e. The van der Waals surface area contributed by atoms with Gasteiger partial charge in [-0.25, -0.2) is 4.98 Å². The van der Waals surface area contributed by atoms with Crippen molar-refractivity contribution >= 4 is 28.9 Å². The van der Waals surface area contributed by atoms with Crippen LogP contribution in [0.2, 0.25) is 0 Å². The highest BCUT2D eigenvalue weighted by molar-refractivity contribution is 6.47. The van der Waals surface area contributed by atoms with Gasteiger partial charge in [-0.05, 0) is 80.3 Å². The number of rotatable bonds is 9. The molecular weight excluding hydrogens is 510 g/mol. The average Bonchev–Trinajstić information content (AvgIpc) is 3.33. The number of piperazine rings is 1. The van der Waals surface area contributed by atoms with E-state index in [-0.39, 0.29) is 0 Å². The van der Waals surface area contributed by atoms with Crippen LogP contribution in [0.25, 0.3) is 11.1 Å². The minimum atomic E-state index is -0.625. The van der Waals surface area contributed by atoms with Gasteiger partial charge in [-0.15, -0.1) is 0 Å². The molecule has 1 N–H and O–H groups in total. The third kappa shape index (κ3) is 6.04. The Labute approximate surface area is 242 Å². The molecule has 0 unspecified atom stereocenters. The molecule has 4 aromatic rings. The number of nitrogens with zero attached hydrogens (tertiary/aromatic N) is 4. The predicted molar refractivity (Wildman–Crippen MR) is 167 cm³/mol. The van der Waals surface area contributed by atoms with Gasteiger partial charge >= 0.3 is 0 Å². The number of hydrogen-bond donors (Lipinski definition) is 1. The van der Waals surface area contributed by atoms with E-state index in [4.69, 9.17) is 0 Å². The Balaban J connectivity index is 1.27. The average molecular weight is 550 g/mol. The molecule has 1 fully saturated rings. The Hall–Kier alpha value is -4.39. The summed E-state index contributed by atoms with van der Waals surface area (Å²) in [6.07, 6.45) is 3.82. The number of amides is 1. The van der Waals surface area contributed by atoms with E-state index in [1.54, 1.807) is 0 Å². The van der Waals surface area contributed by atoms with E-state index >= 15 is 0 Å². The fraction of sp³-hybridized carbons (Fsp3) is 0.324. The molecule has 1 saturated heterocycles. The first-order valence-corrected chi connectivity index (χ1v) is 14.5. The lowest BCUT2D eigenvalue weighted by Gasteiger charge is -2.37. The van der Waals surface area contributed by atoms with Gasteiger partial charge in [0.05, 0.1) is 0 Å². The monoisotopic (exact) mass is 549 g/mol. The van der Waals surface area contributed by atoms with Gasteiger partial charge < -0.3 is 19.7 Å². The van der Waals surface area contributed by atoms with Crippen LogP contribution in [0.4, 0.5) is 17.2 Å². The number of unbranched alkanes of at least 4 members (excludes halogenated alkanes) is 1. The quantitative estimate of drug-likeness (QED) is 0.193. The molecule has 41 heavy (non-hydrogen) atoms. The normalized spacial score (nSPS) is 13.4. The number of pyridine rings is 1. The lowest BCUT2D eigenvalue weighted by Crippen LogP contribution is -2.47. The van der Waals surface area contributed by atoms with Gasteiger partial charge in [0.2, 0.25) is 0 Å². The maximum Gasteiger partial charge on any atom is 0.298 e. The van der Waals surface area contributed by atoms with Crippen LogP contribution in [-0.2, 0) is 11.3 Å². The van der Waals surface area contributed by atoms with Crippen molar-refractivity contribution < 1.29 is 9.59 Å². The molecule has 7 heteroatoms. The molecule has 0 aliphatic carbocycles. The van der Waals surface area contributed by atoms with Crippen molar-refractivity contribution in [3.05, 3.63) is 95.4 Å². The molecule has 0 bridgehead atoms. The smallest absolute Gasteiger partial charge is 0.298 e. The zero-order valence-corrected chi connectivity index (χ0v) is 24.5. The maximum atomic E-state index is 13.6. The van der Waals surface area contributed by atoms with Crippen LogP contribution in [0.5, 0.6) is 0 Å². The summed E-state index contributed by atoms with van der Waals surface area (Å²) in [5.41, 5.74) is 7.35. The van der Waals surface area contributed by atoms with Crippen LogP contribution >= 0.6 is 0 Å². The maximum absolute atomic E-state index is 13.6. The Morgan fingerprint density at radius 2 is 1.56 bits per heavy atom. The molecule has 212 valence electrons. The highest BCUT2D eigenvalue weighted by Gasteiger charge is 2.26. The van der Waals surface area contributed by atoms with Gasteiger partial charge in [0.25, 0.3) is 11.7 Å². The summed E-state index contributed by atoms with van der Waals surface area (Å²) in [7, 11) is 0. The molecule has 1 amide bonds. The van der Waals surface area contributed by atoms with E-state index in [0.717, 1.165) is 67.3 Å². The lowest BCUT2D eigenvalue weighted by molar-refractivity contribution is -0.112. The number of ketones is 1. The first-order chi connectivity index (χ1) is 19.9. The van der Waals surface area contributed by atoms with Crippen molar-refractivity contribution in [3.63, 3.8) is 0 Å². The van der Waals surface area contributed by atoms with Gasteiger partial charge in [-0.1, -0.05) is 43.7 Å².